The van der Waals surface area contributed by atoms with E-state index in [-0.39, 0.29) is 12.0 Å². The van der Waals surface area contributed by atoms with Gasteiger partial charge in [0, 0.05) is 13.0 Å². The molecule has 0 amide bonds. The summed E-state index contributed by atoms with van der Waals surface area (Å²) < 4.78 is 23.7. The number of carbonyl (C=O) groups excluding carboxylic acids is 1. The maximum Gasteiger partial charge on any atom is 0.305 e. The first-order valence-corrected chi connectivity index (χ1v) is 7.78. The third-order valence-corrected chi connectivity index (χ3v) is 4.27. The largest absolute Gasteiger partial charge is 0.466 e. The van der Waals surface area contributed by atoms with E-state index in [0.717, 1.165) is 5.56 Å². The molecule has 2 atom stereocenters. The van der Waals surface area contributed by atoms with Gasteiger partial charge in [0.25, 0.3) is 0 Å². The zero-order valence-electron chi connectivity index (χ0n) is 11.5. The van der Waals surface area contributed by atoms with Crippen molar-refractivity contribution in [2.75, 3.05) is 19.8 Å². The summed E-state index contributed by atoms with van der Waals surface area (Å²) in [5.41, 5.74) is 1.08. The van der Waals surface area contributed by atoms with Crippen LogP contribution < -0.4 is 0 Å². The molecule has 0 aromatic heterocycles. The predicted molar refractivity (Wildman–Crippen MR) is 75.9 cm³/mol. The molecule has 0 bridgehead atoms. The minimum atomic E-state index is -1.43. The van der Waals surface area contributed by atoms with E-state index >= 15 is 0 Å². The van der Waals surface area contributed by atoms with E-state index in [4.69, 9.17) is 8.92 Å². The van der Waals surface area contributed by atoms with Gasteiger partial charge in [-0.05, 0) is 18.9 Å². The first-order valence-electron chi connectivity index (χ1n) is 6.74. The molecule has 2 rings (SSSR count). The molecular weight excluding hydrogens is 278 g/mol. The van der Waals surface area contributed by atoms with Gasteiger partial charge >= 0.3 is 5.97 Å². The lowest BCUT2D eigenvalue weighted by atomic mass is 10.1. The number of esters is 1. The van der Waals surface area contributed by atoms with Crippen molar-refractivity contribution in [1.82, 2.24) is 4.31 Å². The van der Waals surface area contributed by atoms with Crippen LogP contribution in [-0.4, -0.2) is 34.2 Å². The van der Waals surface area contributed by atoms with Crippen molar-refractivity contribution < 1.29 is 17.9 Å². The van der Waals surface area contributed by atoms with Gasteiger partial charge in [0.15, 0.2) is 0 Å². The van der Waals surface area contributed by atoms with E-state index in [1.54, 1.807) is 11.2 Å². The van der Waals surface area contributed by atoms with Crippen LogP contribution in [0.5, 0.6) is 0 Å². The Morgan fingerprint density at radius 1 is 1.45 bits per heavy atom. The summed E-state index contributed by atoms with van der Waals surface area (Å²) in [6.07, 6.45) is 0.945. The number of hydrogen-bond donors (Lipinski definition) is 0. The molecule has 1 aliphatic rings. The van der Waals surface area contributed by atoms with Gasteiger partial charge in [-0.25, -0.2) is 4.21 Å². The standard InChI is InChI=1S/C14H19NO4S/c1-2-18-14(16)9-6-10-15-13(11-19-20(15)17)12-7-4-3-5-8-12/h3-5,7-8,13H,2,6,9-11H2,1H3/t13-,20?/m0/s1. The van der Waals surface area contributed by atoms with E-state index in [0.29, 0.717) is 32.6 Å². The van der Waals surface area contributed by atoms with Crippen molar-refractivity contribution in [3.05, 3.63) is 35.9 Å². The molecule has 1 aliphatic heterocycles. The topological polar surface area (TPSA) is 55.8 Å². The minimum Gasteiger partial charge on any atom is -0.466 e. The van der Waals surface area contributed by atoms with Crippen LogP contribution in [0, 0.1) is 0 Å². The molecule has 5 nitrogen and oxygen atoms in total. The van der Waals surface area contributed by atoms with Crippen LogP contribution in [0.1, 0.15) is 31.4 Å². The molecule has 0 N–H and O–H groups in total. The number of ether oxygens (including phenoxy) is 1. The van der Waals surface area contributed by atoms with E-state index in [1.165, 1.54) is 0 Å². The van der Waals surface area contributed by atoms with Gasteiger partial charge in [-0.1, -0.05) is 30.3 Å². The summed E-state index contributed by atoms with van der Waals surface area (Å²) >= 11 is -1.43. The molecule has 1 heterocycles. The summed E-state index contributed by atoms with van der Waals surface area (Å²) in [6.45, 7) is 3.14. The average Bonchev–Trinajstić information content (AvgIpc) is 2.82. The number of hydrogen-bond acceptors (Lipinski definition) is 4. The van der Waals surface area contributed by atoms with Crippen LogP contribution >= 0.6 is 0 Å². The maximum absolute atomic E-state index is 11.9. The van der Waals surface area contributed by atoms with Gasteiger partial charge < -0.3 is 4.74 Å². The Bertz CT molecular complexity index is 466. The molecule has 1 fully saturated rings. The summed E-state index contributed by atoms with van der Waals surface area (Å²) in [5, 5.41) is 0. The molecule has 20 heavy (non-hydrogen) atoms. The van der Waals surface area contributed by atoms with Crippen molar-refractivity contribution in [2.45, 2.75) is 25.8 Å². The molecule has 6 heteroatoms. The highest BCUT2D eigenvalue weighted by Crippen LogP contribution is 2.29. The smallest absolute Gasteiger partial charge is 0.305 e. The second-order valence-electron chi connectivity index (χ2n) is 4.48. The zero-order valence-corrected chi connectivity index (χ0v) is 12.3. The lowest BCUT2D eigenvalue weighted by molar-refractivity contribution is -0.143. The van der Waals surface area contributed by atoms with E-state index in [9.17, 15) is 9.00 Å². The van der Waals surface area contributed by atoms with Crippen LogP contribution in [0.3, 0.4) is 0 Å². The molecule has 1 aromatic carbocycles. The van der Waals surface area contributed by atoms with Gasteiger partial charge in [-0.3, -0.25) is 8.98 Å². The Morgan fingerprint density at radius 2 is 2.20 bits per heavy atom. The van der Waals surface area contributed by atoms with Crippen LogP contribution in [0.15, 0.2) is 30.3 Å². The highest BCUT2D eigenvalue weighted by Gasteiger charge is 2.33. The van der Waals surface area contributed by atoms with Gasteiger partial charge in [0.1, 0.15) is 0 Å². The molecule has 0 saturated carbocycles. The average molecular weight is 297 g/mol. The fraction of sp³-hybridized carbons (Fsp3) is 0.500. The van der Waals surface area contributed by atoms with Crippen LogP contribution in [0.2, 0.25) is 0 Å². The molecule has 1 unspecified atom stereocenters. The molecule has 0 spiro atoms. The third-order valence-electron chi connectivity index (χ3n) is 3.11. The fourth-order valence-electron chi connectivity index (χ4n) is 2.16. The van der Waals surface area contributed by atoms with Crippen molar-refractivity contribution in [3.8, 4) is 0 Å². The van der Waals surface area contributed by atoms with Crippen molar-refractivity contribution in [3.63, 3.8) is 0 Å². The second kappa shape index (κ2) is 7.52. The monoisotopic (exact) mass is 297 g/mol. The fourth-order valence-corrected chi connectivity index (χ4v) is 3.21. The minimum absolute atomic E-state index is 0.0146. The Balaban J connectivity index is 1.91. The third kappa shape index (κ3) is 3.88. The Kier molecular flexibility index (Phi) is 5.70. The number of rotatable bonds is 6. The Labute approximate surface area is 121 Å². The predicted octanol–water partition coefficient (Wildman–Crippen LogP) is 1.98. The molecule has 0 radical (unpaired) electrons. The number of carbonyl (C=O) groups is 1. The Morgan fingerprint density at radius 3 is 2.90 bits per heavy atom. The molecular formula is C14H19NO4S. The first-order chi connectivity index (χ1) is 9.72. The maximum atomic E-state index is 11.9. The number of benzene rings is 1. The molecule has 110 valence electrons. The lowest BCUT2D eigenvalue weighted by Gasteiger charge is -2.20. The quantitative estimate of drug-likeness (QED) is 0.753. The van der Waals surface area contributed by atoms with E-state index < -0.39 is 11.3 Å². The van der Waals surface area contributed by atoms with Crippen molar-refractivity contribution in [1.29, 1.82) is 0 Å². The summed E-state index contributed by atoms with van der Waals surface area (Å²) in [7, 11) is 0. The number of nitrogens with zero attached hydrogens (tertiary/aromatic N) is 1. The summed E-state index contributed by atoms with van der Waals surface area (Å²) in [4.78, 5) is 11.3. The molecule has 0 aliphatic carbocycles. The van der Waals surface area contributed by atoms with Gasteiger partial charge in [0.05, 0.1) is 19.3 Å². The SMILES string of the molecule is CCOC(=O)CCCN1[C@H](c2ccccc2)COS1=O. The van der Waals surface area contributed by atoms with Crippen LogP contribution in [-0.2, 0) is 25.0 Å². The van der Waals surface area contributed by atoms with Crippen molar-refractivity contribution >= 4 is 17.2 Å². The van der Waals surface area contributed by atoms with Crippen molar-refractivity contribution in [2.24, 2.45) is 0 Å². The van der Waals surface area contributed by atoms with E-state index in [1.807, 2.05) is 30.3 Å². The highest BCUT2D eigenvalue weighted by molar-refractivity contribution is 7.77. The molecule has 1 saturated heterocycles. The zero-order chi connectivity index (χ0) is 14.4. The summed E-state index contributed by atoms with van der Waals surface area (Å²) in [6, 6.07) is 9.82. The highest BCUT2D eigenvalue weighted by atomic mass is 32.2. The van der Waals surface area contributed by atoms with Crippen LogP contribution in [0.25, 0.3) is 0 Å². The van der Waals surface area contributed by atoms with E-state index in [2.05, 4.69) is 0 Å². The van der Waals surface area contributed by atoms with Gasteiger partial charge in [-0.2, -0.15) is 4.31 Å². The first kappa shape index (κ1) is 15.2. The van der Waals surface area contributed by atoms with Gasteiger partial charge in [0.2, 0.25) is 11.3 Å². The lowest BCUT2D eigenvalue weighted by Crippen LogP contribution is -2.26. The summed E-state index contributed by atoms with van der Waals surface area (Å²) in [5.74, 6) is -0.213. The Hall–Kier alpha value is -1.24. The molecule has 1 aromatic rings. The van der Waals surface area contributed by atoms with Gasteiger partial charge in [-0.15, -0.1) is 0 Å². The second-order valence-corrected chi connectivity index (χ2v) is 5.62. The normalized spacial score (nSPS) is 22.9. The van der Waals surface area contributed by atoms with Crippen LogP contribution in [0.4, 0.5) is 0 Å².